The lowest BCUT2D eigenvalue weighted by molar-refractivity contribution is 0.405. The minimum Gasteiger partial charge on any atom is -0.313 e. The summed E-state index contributed by atoms with van der Waals surface area (Å²) in [5.74, 6) is 0. The highest BCUT2D eigenvalue weighted by molar-refractivity contribution is 8.00. The maximum absolute atomic E-state index is 3.76. The van der Waals surface area contributed by atoms with Crippen molar-refractivity contribution in [3.8, 4) is 0 Å². The van der Waals surface area contributed by atoms with Gasteiger partial charge in [0.15, 0.2) is 0 Å². The average Bonchev–Trinajstić information content (AvgIpc) is 2.80. The molecule has 0 bridgehead atoms. The van der Waals surface area contributed by atoms with Crippen LogP contribution in [-0.2, 0) is 0 Å². The van der Waals surface area contributed by atoms with Crippen molar-refractivity contribution in [3.05, 3.63) is 0 Å². The second kappa shape index (κ2) is 7.68. The van der Waals surface area contributed by atoms with Crippen molar-refractivity contribution in [2.45, 2.75) is 87.7 Å². The molecule has 2 saturated carbocycles. The largest absolute Gasteiger partial charge is 0.313 e. The molecule has 2 rings (SSSR count). The molecule has 0 aromatic heterocycles. The predicted molar refractivity (Wildman–Crippen MR) is 78.8 cm³/mol. The third-order valence-electron chi connectivity index (χ3n) is 4.34. The Morgan fingerprint density at radius 1 is 0.882 bits per heavy atom. The van der Waals surface area contributed by atoms with Gasteiger partial charge < -0.3 is 5.32 Å². The van der Waals surface area contributed by atoms with Crippen molar-refractivity contribution in [2.75, 3.05) is 6.54 Å². The van der Waals surface area contributed by atoms with Gasteiger partial charge in [-0.1, -0.05) is 45.4 Å². The molecule has 2 heteroatoms. The Bertz CT molecular complexity index is 201. The highest BCUT2D eigenvalue weighted by Gasteiger charge is 2.26. The highest BCUT2D eigenvalue weighted by atomic mass is 32.2. The summed E-state index contributed by atoms with van der Waals surface area (Å²) in [4.78, 5) is 0. The number of rotatable bonds is 4. The molecule has 2 atom stereocenters. The Hall–Kier alpha value is 0.310. The molecule has 0 heterocycles. The van der Waals surface area contributed by atoms with Crippen LogP contribution in [0.2, 0.25) is 0 Å². The molecular weight excluding hydrogens is 226 g/mol. The van der Waals surface area contributed by atoms with Crippen molar-refractivity contribution in [1.82, 2.24) is 5.32 Å². The first-order valence-corrected chi connectivity index (χ1v) is 8.73. The van der Waals surface area contributed by atoms with Gasteiger partial charge in [-0.25, -0.2) is 0 Å². The van der Waals surface area contributed by atoms with E-state index < -0.39 is 0 Å². The second-order valence-corrected chi connectivity index (χ2v) is 7.28. The van der Waals surface area contributed by atoms with Crippen LogP contribution in [0.25, 0.3) is 0 Å². The standard InChI is InChI=1S/C15H29NS/c1-2-16-14-11-5-3-4-6-12-15(14)17-13-9-7-8-10-13/h13-16H,2-12H2,1H3. The lowest BCUT2D eigenvalue weighted by Gasteiger charge is -2.31. The molecule has 0 aromatic rings. The molecule has 0 amide bonds. The molecule has 2 aliphatic carbocycles. The summed E-state index contributed by atoms with van der Waals surface area (Å²) in [5.41, 5.74) is 0. The summed E-state index contributed by atoms with van der Waals surface area (Å²) in [6.07, 6.45) is 14.7. The van der Waals surface area contributed by atoms with Crippen LogP contribution >= 0.6 is 11.8 Å². The number of hydrogen-bond donors (Lipinski definition) is 1. The molecule has 2 aliphatic rings. The van der Waals surface area contributed by atoms with Crippen LogP contribution in [0.5, 0.6) is 0 Å². The van der Waals surface area contributed by atoms with Gasteiger partial charge in [0.05, 0.1) is 0 Å². The molecule has 1 nitrogen and oxygen atoms in total. The van der Waals surface area contributed by atoms with E-state index in [4.69, 9.17) is 0 Å². The smallest absolute Gasteiger partial charge is 0.0203 e. The first-order chi connectivity index (χ1) is 8.40. The lowest BCUT2D eigenvalue weighted by atomic mass is 9.96. The third kappa shape index (κ3) is 4.48. The fourth-order valence-corrected chi connectivity index (χ4v) is 5.21. The van der Waals surface area contributed by atoms with Gasteiger partial charge in [0.2, 0.25) is 0 Å². The number of hydrogen-bond acceptors (Lipinski definition) is 2. The van der Waals surface area contributed by atoms with Gasteiger partial charge in [0.25, 0.3) is 0 Å². The summed E-state index contributed by atoms with van der Waals surface area (Å²) in [5, 5.41) is 5.64. The van der Waals surface area contributed by atoms with E-state index in [0.29, 0.717) is 0 Å². The topological polar surface area (TPSA) is 12.0 Å². The predicted octanol–water partition coefficient (Wildman–Crippen LogP) is 4.36. The second-order valence-electron chi connectivity index (χ2n) is 5.74. The fourth-order valence-electron chi connectivity index (χ4n) is 3.38. The van der Waals surface area contributed by atoms with E-state index in [1.54, 1.807) is 0 Å². The maximum Gasteiger partial charge on any atom is 0.0203 e. The SMILES string of the molecule is CCNC1CCCCCCC1SC1CCCC1. The number of thioether (sulfide) groups is 1. The number of nitrogens with one attached hydrogen (secondary N) is 1. The first kappa shape index (κ1) is 13.7. The van der Waals surface area contributed by atoms with Gasteiger partial charge in [-0.2, -0.15) is 11.8 Å². The first-order valence-electron chi connectivity index (χ1n) is 7.79. The summed E-state index contributed by atoms with van der Waals surface area (Å²) in [7, 11) is 0. The van der Waals surface area contributed by atoms with E-state index in [9.17, 15) is 0 Å². The van der Waals surface area contributed by atoms with Gasteiger partial charge >= 0.3 is 0 Å². The average molecular weight is 255 g/mol. The summed E-state index contributed by atoms with van der Waals surface area (Å²) in [6, 6.07) is 0.797. The highest BCUT2D eigenvalue weighted by Crippen LogP contribution is 2.37. The Morgan fingerprint density at radius 2 is 1.53 bits per heavy atom. The zero-order valence-electron chi connectivity index (χ0n) is 11.4. The van der Waals surface area contributed by atoms with Gasteiger partial charge in [0, 0.05) is 16.5 Å². The Morgan fingerprint density at radius 3 is 2.24 bits per heavy atom. The minimum atomic E-state index is 0.797. The van der Waals surface area contributed by atoms with E-state index in [1.165, 1.54) is 64.2 Å². The van der Waals surface area contributed by atoms with E-state index in [0.717, 1.165) is 23.1 Å². The van der Waals surface area contributed by atoms with Crippen LogP contribution in [0.15, 0.2) is 0 Å². The van der Waals surface area contributed by atoms with Crippen LogP contribution < -0.4 is 5.32 Å². The van der Waals surface area contributed by atoms with Gasteiger partial charge in [-0.15, -0.1) is 0 Å². The van der Waals surface area contributed by atoms with Gasteiger partial charge in [-0.05, 0) is 32.2 Å². The molecule has 0 radical (unpaired) electrons. The normalized spacial score (nSPS) is 32.3. The van der Waals surface area contributed by atoms with Crippen LogP contribution in [-0.4, -0.2) is 23.1 Å². The molecule has 17 heavy (non-hydrogen) atoms. The molecule has 100 valence electrons. The van der Waals surface area contributed by atoms with Crippen LogP contribution in [0, 0.1) is 0 Å². The van der Waals surface area contributed by atoms with E-state index in [2.05, 4.69) is 24.0 Å². The third-order valence-corrected chi connectivity index (χ3v) is 6.11. The lowest BCUT2D eigenvalue weighted by Crippen LogP contribution is -2.39. The minimum absolute atomic E-state index is 0.797. The molecule has 1 N–H and O–H groups in total. The monoisotopic (exact) mass is 255 g/mol. The van der Waals surface area contributed by atoms with Crippen molar-refractivity contribution < 1.29 is 0 Å². The summed E-state index contributed by atoms with van der Waals surface area (Å²) >= 11 is 2.34. The molecule has 2 unspecified atom stereocenters. The molecule has 2 fully saturated rings. The molecular formula is C15H29NS. The Labute approximate surface area is 112 Å². The van der Waals surface area contributed by atoms with Gasteiger partial charge in [-0.3, -0.25) is 0 Å². The van der Waals surface area contributed by atoms with Crippen molar-refractivity contribution in [3.63, 3.8) is 0 Å². The molecule has 0 spiro atoms. The van der Waals surface area contributed by atoms with Crippen LogP contribution in [0.3, 0.4) is 0 Å². The van der Waals surface area contributed by atoms with E-state index >= 15 is 0 Å². The van der Waals surface area contributed by atoms with Crippen molar-refractivity contribution in [2.24, 2.45) is 0 Å². The summed E-state index contributed by atoms with van der Waals surface area (Å²) in [6.45, 7) is 3.41. The van der Waals surface area contributed by atoms with E-state index in [1.807, 2.05) is 0 Å². The molecule has 0 aromatic carbocycles. The van der Waals surface area contributed by atoms with Crippen LogP contribution in [0.4, 0.5) is 0 Å². The zero-order chi connectivity index (χ0) is 11.9. The quantitative estimate of drug-likeness (QED) is 0.801. The van der Waals surface area contributed by atoms with Gasteiger partial charge in [0.1, 0.15) is 0 Å². The maximum atomic E-state index is 3.76. The zero-order valence-corrected chi connectivity index (χ0v) is 12.2. The molecule has 0 saturated heterocycles. The van der Waals surface area contributed by atoms with Crippen LogP contribution in [0.1, 0.15) is 71.1 Å². The Kier molecular flexibility index (Phi) is 6.21. The van der Waals surface area contributed by atoms with Crippen molar-refractivity contribution in [1.29, 1.82) is 0 Å². The van der Waals surface area contributed by atoms with E-state index in [-0.39, 0.29) is 0 Å². The Balaban J connectivity index is 1.86. The fraction of sp³-hybridized carbons (Fsp3) is 1.00. The molecule has 0 aliphatic heterocycles. The summed E-state index contributed by atoms with van der Waals surface area (Å²) < 4.78 is 0. The van der Waals surface area contributed by atoms with Crippen molar-refractivity contribution >= 4 is 11.8 Å².